The summed E-state index contributed by atoms with van der Waals surface area (Å²) in [5.41, 5.74) is 0. The highest BCUT2D eigenvalue weighted by Gasteiger charge is 2.04. The molecule has 0 aliphatic carbocycles. The average Bonchev–Trinajstić information content (AvgIpc) is 1.58. The van der Waals surface area contributed by atoms with Crippen LogP contribution in [0.1, 0.15) is 13.8 Å². The highest BCUT2D eigenvalue weighted by molar-refractivity contribution is 4.58. The van der Waals surface area contributed by atoms with Crippen molar-refractivity contribution in [1.82, 2.24) is 4.90 Å². The zero-order valence-electron chi connectivity index (χ0n) is 6.91. The Labute approximate surface area is 62.3 Å². The number of nitrogens with zero attached hydrogens (tertiary/aromatic N) is 1. The molecule has 0 aromatic carbocycles. The molecule has 0 aliphatic rings. The predicted octanol–water partition coefficient (Wildman–Crippen LogP) is -0.320. The van der Waals surface area contributed by atoms with Crippen molar-refractivity contribution in [3.8, 4) is 0 Å². The number of hydrogen-bond acceptors (Lipinski definition) is 3. The lowest BCUT2D eigenvalue weighted by atomic mass is 10.3. The van der Waals surface area contributed by atoms with Gasteiger partial charge in [0.15, 0.2) is 0 Å². The summed E-state index contributed by atoms with van der Waals surface area (Å²) in [5.74, 6) is 0. The summed E-state index contributed by atoms with van der Waals surface area (Å²) in [6.07, 6.45) is -0.632. The van der Waals surface area contributed by atoms with Gasteiger partial charge in [0.05, 0.1) is 12.2 Å². The number of aliphatic hydroxyl groups excluding tert-OH is 2. The summed E-state index contributed by atoms with van der Waals surface area (Å²) < 4.78 is 0. The van der Waals surface area contributed by atoms with E-state index in [1.807, 2.05) is 11.9 Å². The van der Waals surface area contributed by atoms with Gasteiger partial charge in [0.1, 0.15) is 0 Å². The van der Waals surface area contributed by atoms with Gasteiger partial charge in [-0.25, -0.2) is 0 Å². The molecule has 2 N–H and O–H groups in total. The fourth-order valence-corrected chi connectivity index (χ4v) is 0.977. The van der Waals surface area contributed by atoms with E-state index in [0.717, 1.165) is 0 Å². The fourth-order valence-electron chi connectivity index (χ4n) is 0.977. The van der Waals surface area contributed by atoms with Crippen LogP contribution in [0, 0.1) is 0 Å². The Bertz CT molecular complexity index is 73.7. The highest BCUT2D eigenvalue weighted by Crippen LogP contribution is 1.90. The molecule has 0 aromatic rings. The summed E-state index contributed by atoms with van der Waals surface area (Å²) in [4.78, 5) is 1.90. The van der Waals surface area contributed by atoms with E-state index < -0.39 is 0 Å². The zero-order chi connectivity index (χ0) is 8.15. The van der Waals surface area contributed by atoms with Crippen LogP contribution in [0.2, 0.25) is 0 Å². The molecule has 0 aliphatic heterocycles. The van der Waals surface area contributed by atoms with Crippen LogP contribution in [-0.2, 0) is 0 Å². The van der Waals surface area contributed by atoms with Gasteiger partial charge in [-0.3, -0.25) is 0 Å². The van der Waals surface area contributed by atoms with Gasteiger partial charge in [0.2, 0.25) is 0 Å². The van der Waals surface area contributed by atoms with Gasteiger partial charge in [0, 0.05) is 13.1 Å². The molecule has 0 saturated carbocycles. The van der Waals surface area contributed by atoms with E-state index in [0.29, 0.717) is 13.1 Å². The van der Waals surface area contributed by atoms with Gasteiger partial charge in [0.25, 0.3) is 0 Å². The van der Waals surface area contributed by atoms with Crippen LogP contribution in [0.15, 0.2) is 0 Å². The maximum Gasteiger partial charge on any atom is 0.0638 e. The van der Waals surface area contributed by atoms with Crippen molar-refractivity contribution in [2.45, 2.75) is 26.1 Å². The van der Waals surface area contributed by atoms with E-state index in [9.17, 15) is 0 Å². The molecule has 0 rings (SSSR count). The van der Waals surface area contributed by atoms with E-state index in [2.05, 4.69) is 0 Å². The van der Waals surface area contributed by atoms with E-state index in [-0.39, 0.29) is 12.2 Å². The van der Waals surface area contributed by atoms with Crippen LogP contribution in [0.4, 0.5) is 0 Å². The summed E-state index contributed by atoms with van der Waals surface area (Å²) in [5, 5.41) is 17.8. The summed E-state index contributed by atoms with van der Waals surface area (Å²) >= 11 is 0. The maximum absolute atomic E-state index is 8.91. The summed E-state index contributed by atoms with van der Waals surface area (Å²) in [6.45, 7) is 4.70. The van der Waals surface area contributed by atoms with Gasteiger partial charge in [-0.1, -0.05) is 0 Å². The summed E-state index contributed by atoms with van der Waals surface area (Å²) in [6, 6.07) is 0. The first-order valence-corrected chi connectivity index (χ1v) is 3.57. The zero-order valence-corrected chi connectivity index (χ0v) is 6.91. The highest BCUT2D eigenvalue weighted by atomic mass is 16.3. The van der Waals surface area contributed by atoms with Crippen molar-refractivity contribution >= 4 is 0 Å². The minimum absolute atomic E-state index is 0.316. The number of hydrogen-bond donors (Lipinski definition) is 2. The molecule has 0 aromatic heterocycles. The molecule has 0 heterocycles. The largest absolute Gasteiger partial charge is 0.392 e. The monoisotopic (exact) mass is 147 g/mol. The number of rotatable bonds is 4. The molecule has 0 saturated heterocycles. The lowest BCUT2D eigenvalue weighted by Crippen LogP contribution is -2.32. The lowest BCUT2D eigenvalue weighted by molar-refractivity contribution is 0.0990. The van der Waals surface area contributed by atoms with Crippen molar-refractivity contribution in [3.05, 3.63) is 0 Å². The molecule has 3 nitrogen and oxygen atoms in total. The third-order valence-corrected chi connectivity index (χ3v) is 1.15. The van der Waals surface area contributed by atoms with E-state index >= 15 is 0 Å². The second-order valence-electron chi connectivity index (χ2n) is 2.92. The average molecular weight is 147 g/mol. The van der Waals surface area contributed by atoms with Crippen LogP contribution in [0.25, 0.3) is 0 Å². The van der Waals surface area contributed by atoms with Crippen molar-refractivity contribution in [1.29, 1.82) is 0 Å². The molecule has 3 heteroatoms. The molecule has 0 unspecified atom stereocenters. The fraction of sp³-hybridized carbons (Fsp3) is 1.00. The van der Waals surface area contributed by atoms with E-state index in [1.165, 1.54) is 0 Å². The summed E-state index contributed by atoms with van der Waals surface area (Å²) in [7, 11) is 1.87. The Balaban J connectivity index is 3.34. The Morgan fingerprint density at radius 2 is 1.40 bits per heavy atom. The Hall–Kier alpha value is -0.120. The molecule has 0 radical (unpaired) electrons. The number of aliphatic hydroxyl groups is 2. The molecule has 0 fully saturated rings. The molecule has 2 atom stereocenters. The Morgan fingerprint density at radius 3 is 1.60 bits per heavy atom. The molecule has 0 spiro atoms. The minimum Gasteiger partial charge on any atom is -0.392 e. The third-order valence-electron chi connectivity index (χ3n) is 1.15. The second-order valence-corrected chi connectivity index (χ2v) is 2.92. The molecule has 62 valence electrons. The molecular formula is C7H17NO2. The third kappa shape index (κ3) is 6.01. The predicted molar refractivity (Wildman–Crippen MR) is 40.9 cm³/mol. The van der Waals surface area contributed by atoms with Gasteiger partial charge in [-0.2, -0.15) is 0 Å². The van der Waals surface area contributed by atoms with Crippen LogP contribution in [-0.4, -0.2) is 47.5 Å². The molecule has 0 bridgehead atoms. The normalized spacial score (nSPS) is 17.4. The maximum atomic E-state index is 8.91. The minimum atomic E-state index is -0.316. The smallest absolute Gasteiger partial charge is 0.0638 e. The van der Waals surface area contributed by atoms with Crippen molar-refractivity contribution in [2.24, 2.45) is 0 Å². The van der Waals surface area contributed by atoms with Crippen LogP contribution in [0.5, 0.6) is 0 Å². The van der Waals surface area contributed by atoms with Crippen LogP contribution < -0.4 is 0 Å². The standard InChI is InChI=1S/C7H17NO2/c1-6(9)4-8(3)5-7(2)10/h6-7,9-10H,4-5H2,1-3H3/t6-,7+. The van der Waals surface area contributed by atoms with Gasteiger partial charge < -0.3 is 15.1 Å². The van der Waals surface area contributed by atoms with Gasteiger partial charge >= 0.3 is 0 Å². The van der Waals surface area contributed by atoms with Crippen molar-refractivity contribution in [3.63, 3.8) is 0 Å². The first-order chi connectivity index (χ1) is 4.52. The SMILES string of the molecule is C[C@H](O)CN(C)C[C@@H](C)O. The molecule has 10 heavy (non-hydrogen) atoms. The van der Waals surface area contributed by atoms with Crippen molar-refractivity contribution in [2.75, 3.05) is 20.1 Å². The lowest BCUT2D eigenvalue weighted by Gasteiger charge is -2.19. The first-order valence-electron chi connectivity index (χ1n) is 3.57. The van der Waals surface area contributed by atoms with Crippen LogP contribution >= 0.6 is 0 Å². The Kier molecular flexibility index (Phi) is 4.60. The van der Waals surface area contributed by atoms with E-state index in [4.69, 9.17) is 10.2 Å². The van der Waals surface area contributed by atoms with Crippen molar-refractivity contribution < 1.29 is 10.2 Å². The van der Waals surface area contributed by atoms with E-state index in [1.54, 1.807) is 13.8 Å². The molecule has 0 amide bonds. The Morgan fingerprint density at radius 1 is 1.10 bits per heavy atom. The van der Waals surface area contributed by atoms with Gasteiger partial charge in [-0.05, 0) is 20.9 Å². The molecular weight excluding hydrogens is 130 g/mol. The van der Waals surface area contributed by atoms with Crippen LogP contribution in [0.3, 0.4) is 0 Å². The second kappa shape index (κ2) is 4.66. The quantitative estimate of drug-likeness (QED) is 0.573. The first kappa shape index (κ1) is 9.88. The topological polar surface area (TPSA) is 43.7 Å². The van der Waals surface area contributed by atoms with Gasteiger partial charge in [-0.15, -0.1) is 0 Å². The number of likely N-dealkylation sites (N-methyl/N-ethyl adjacent to an activating group) is 1.